The number of nitrogens with two attached hydrogens (primary N) is 2. The van der Waals surface area contributed by atoms with Gasteiger partial charge in [-0.3, -0.25) is 72.3 Å². The van der Waals surface area contributed by atoms with E-state index in [-0.39, 0.29) is 139 Å². The summed E-state index contributed by atoms with van der Waals surface area (Å²) in [6, 6.07) is 12.1. The molecule has 0 bridgehead atoms. The predicted molar refractivity (Wildman–Crippen MR) is 479 cm³/mol. The number of ether oxygens (including phenoxy) is 4. The van der Waals surface area contributed by atoms with Crippen molar-refractivity contribution in [3.05, 3.63) is 138 Å². The number of nitrogens with zero attached hydrogens (tertiary/aromatic N) is 2. The summed E-state index contributed by atoms with van der Waals surface area (Å²) in [7, 11) is -4.39. The van der Waals surface area contributed by atoms with Crippen molar-refractivity contribution in [2.75, 3.05) is 121 Å². The fraction of sp³-hybridized carbons (Fsp3) is 0.512. The van der Waals surface area contributed by atoms with Crippen molar-refractivity contribution in [2.24, 2.45) is 11.5 Å². The Morgan fingerprint density at radius 2 is 1.22 bits per heavy atom. The number of fused-ring (bicyclic) bond motifs is 2. The van der Waals surface area contributed by atoms with E-state index in [1.807, 2.05) is 69.4 Å². The lowest BCUT2D eigenvalue weighted by molar-refractivity contribution is -0.433. The summed E-state index contributed by atoms with van der Waals surface area (Å²) in [6.07, 6.45) is 15.4. The first-order chi connectivity index (χ1) is 60.0. The summed E-state index contributed by atoms with van der Waals surface area (Å²) >= 11 is 9.46. The Morgan fingerprint density at radius 3 is 1.90 bits per heavy atom. The van der Waals surface area contributed by atoms with Crippen LogP contribution in [0.4, 0.5) is 11.4 Å². The average Bonchev–Trinajstić information content (AvgIpc) is 1.59. The van der Waals surface area contributed by atoms with Crippen LogP contribution in [0.1, 0.15) is 116 Å². The molecule has 1 fully saturated rings. The molecule has 3 aliphatic rings. The second-order valence-electron chi connectivity index (χ2n) is 30.6. The summed E-state index contributed by atoms with van der Waals surface area (Å²) in [5.41, 5.74) is 16.1. The lowest BCUT2D eigenvalue weighted by atomic mass is 9.81. The Bertz CT molecular complexity index is 4550. The van der Waals surface area contributed by atoms with Gasteiger partial charge in [-0.2, -0.15) is 25.6 Å². The van der Waals surface area contributed by atoms with E-state index in [4.69, 9.17) is 35.8 Å². The Kier molecular flexibility index (Phi) is 44.3. The molecule has 19 N–H and O–H groups in total. The minimum Gasteiger partial charge on any atom is -0.481 e. The molecule has 7 atom stereocenters. The average molecular weight is 1830 g/mol. The molecule has 1 saturated heterocycles. The number of benzene rings is 3. The number of anilines is 1. The van der Waals surface area contributed by atoms with Gasteiger partial charge in [0.25, 0.3) is 16.0 Å². The maximum atomic E-state index is 14.6. The highest BCUT2D eigenvalue weighted by atomic mass is 32.2. The number of primary amides is 1. The third-order valence-corrected chi connectivity index (χ3v) is 22.8. The molecule has 38 nitrogen and oxygen atoms in total. The Hall–Kier alpha value is -10.7. The molecule has 3 aliphatic heterocycles. The summed E-state index contributed by atoms with van der Waals surface area (Å²) in [5, 5.41) is 46.1. The van der Waals surface area contributed by atoms with Crippen LogP contribution in [0.5, 0.6) is 0 Å². The van der Waals surface area contributed by atoms with Crippen molar-refractivity contribution in [3.8, 4) is 0 Å². The molecular weight excluding hydrogens is 1710 g/mol. The molecule has 3 aromatic rings. The molecule has 3 aromatic carbocycles. The number of carboxylic acids is 1. The summed E-state index contributed by atoms with van der Waals surface area (Å²) in [4.78, 5) is 177. The molecule has 690 valence electrons. The van der Waals surface area contributed by atoms with Gasteiger partial charge in [0.05, 0.1) is 68.7 Å². The highest BCUT2D eigenvalue weighted by Gasteiger charge is 2.45. The topological polar surface area (TPSA) is 560 Å². The first kappa shape index (κ1) is 104. The van der Waals surface area contributed by atoms with Crippen LogP contribution in [0.15, 0.2) is 126 Å². The van der Waals surface area contributed by atoms with Crippen molar-refractivity contribution in [3.63, 3.8) is 0 Å². The largest absolute Gasteiger partial charge is 0.481 e. The van der Waals surface area contributed by atoms with E-state index >= 15 is 0 Å². The maximum Gasteiger partial charge on any atom is 0.305 e. The zero-order valence-corrected chi connectivity index (χ0v) is 74.9. The number of para-hydroxylation sites is 1. The number of allylic oxidation sites excluding steroid dienone is 8. The molecule has 6 rings (SSSR count). The molecule has 42 heteroatoms. The monoisotopic (exact) mass is 1830 g/mol. The number of hydrogen-bond donors (Lipinski definition) is 19. The summed E-state index contributed by atoms with van der Waals surface area (Å²) in [6.45, 7) is 11.1. The predicted octanol–water partition coefficient (Wildman–Crippen LogP) is 0.365. The number of carboxylic acid groups (broad SMARTS) is 1. The number of rotatable bonds is 43. The van der Waals surface area contributed by atoms with E-state index in [1.165, 1.54) is 17.7 Å². The first-order valence-corrected chi connectivity index (χ1v) is 45.2. The van der Waals surface area contributed by atoms with Gasteiger partial charge in [0, 0.05) is 91.6 Å². The zero-order valence-electron chi connectivity index (χ0n) is 71.4. The Balaban J connectivity index is 1.13. The Labute approximate surface area is 748 Å². The van der Waals surface area contributed by atoms with Crippen LogP contribution in [-0.2, 0) is 109 Å². The number of guanidine groups is 1. The van der Waals surface area contributed by atoms with Gasteiger partial charge in [-0.25, -0.2) is 0 Å². The molecule has 0 radical (unpaired) electrons. The summed E-state index contributed by atoms with van der Waals surface area (Å²) in [5.74, 6) is -13.1. The molecule has 0 aromatic heterocycles. The van der Waals surface area contributed by atoms with Crippen molar-refractivity contribution in [1.29, 1.82) is 5.41 Å². The fourth-order valence-electron chi connectivity index (χ4n) is 13.8. The number of carbonyl (C=O) groups excluding carboxylic acids is 12. The van der Waals surface area contributed by atoms with Gasteiger partial charge in [0.2, 0.25) is 70.7 Å². The van der Waals surface area contributed by atoms with Gasteiger partial charge >= 0.3 is 5.97 Å². The number of aliphatic carboxylic acids is 1. The van der Waals surface area contributed by atoms with Crippen molar-refractivity contribution >= 4 is 147 Å². The van der Waals surface area contributed by atoms with Crippen LogP contribution < -0.4 is 80.2 Å². The molecular formula is C84H120N17O21S4+. The SMILES string of the molecule is CC[N+]1=C(/C=C/C=C/C=C/C=C2/N(CCCCCC(=O)NCCCC[C@@H]3NC(=O)CSC[C@@H](C(=O)NCCOCCOCCOCCNC(=O)COCC(N)=O)NC(=O)[C@H](Cc4ccccc4)NC(=O)[C@H](S)NC(=O)[C@H](CC(=O)O)NC(=O)CNC(=O)[C@H](CCCNC(=N)N)NC(=O)[C@H](CS)NC3=O)c3ccccc3C2(C)C)C(C)(C)c2cc(S(=O)(=O)O)ccc21. The van der Waals surface area contributed by atoms with Gasteiger partial charge in [-0.1, -0.05) is 99.2 Å². The Morgan fingerprint density at radius 1 is 0.619 bits per heavy atom. The second-order valence-corrected chi connectivity index (χ2v) is 33.9. The maximum absolute atomic E-state index is 14.6. The number of thioether (sulfide) groups is 1. The zero-order chi connectivity index (χ0) is 92.4. The van der Waals surface area contributed by atoms with Gasteiger partial charge < -0.3 is 104 Å². The van der Waals surface area contributed by atoms with E-state index < -0.39 is 159 Å². The standard InChI is InChI=1S/C84H119N17O21S4/c1-6-100-65-33-32-55(126(116,117)118)46-57(65)84(4,5)66(100)29-14-8-7-9-15-30-67-83(2,3)56-25-17-18-28-64(56)101(67)38-21-11-16-31-69(103)88-34-20-19-26-59-76(111)97-62(51-123)79(114)95-58(27-22-35-91-82(86)87)74(109)92-48-70(104)94-61(47-73(107)108)78(113)99-81(124)80(115)96-60(45-54-23-12-10-13-24-54)77(112)98-63(52-125-53-72(106)93-59)75(110)90-37-40-120-42-44-121-43-41-119-39-36-89-71(105)50-122-49-68(85)102/h7-10,12-15,17-18,23-25,28-30,32-33,46,58-63,81H,6,11,16,19-22,26-27,31,34-45,47-53H2,1-5H3,(H20-,85,86,87,88,89,90,91,92,93,94,95,96,97,98,99,102,103,104,105,106,107,108,109,110,111,112,113,114,115,116,117,118,123,124)/p+1/t58-,59-,60-,61-,62-,63-,81-/m0/s1. The minimum atomic E-state index is -4.39. The molecule has 12 amide bonds. The molecule has 0 unspecified atom stereocenters. The van der Waals surface area contributed by atoms with Gasteiger partial charge in [0.1, 0.15) is 56.0 Å². The second kappa shape index (κ2) is 53.7. The van der Waals surface area contributed by atoms with Crippen molar-refractivity contribution in [1.82, 2.24) is 63.8 Å². The quantitative estimate of drug-likeness (QED) is 0.00692. The third-order valence-electron chi connectivity index (χ3n) is 20.2. The number of hydrogen-bond acceptors (Lipinski definition) is 24. The first-order valence-electron chi connectivity index (χ1n) is 41.4. The van der Waals surface area contributed by atoms with E-state index in [9.17, 15) is 80.4 Å². The molecule has 3 heterocycles. The number of nitrogens with one attached hydrogen (secondary N) is 13. The number of carbonyl (C=O) groups is 13. The van der Waals surface area contributed by atoms with Crippen LogP contribution in [0.2, 0.25) is 0 Å². The number of unbranched alkanes of at least 4 members (excludes halogenated alkanes) is 3. The highest BCUT2D eigenvalue weighted by molar-refractivity contribution is 8.00. The number of thiol groups is 2. The highest BCUT2D eigenvalue weighted by Crippen LogP contribution is 2.48. The van der Waals surface area contributed by atoms with Crippen LogP contribution in [0.3, 0.4) is 0 Å². The minimum absolute atomic E-state index is 0.0422. The van der Waals surface area contributed by atoms with E-state index in [2.05, 4.69) is 131 Å². The van der Waals surface area contributed by atoms with Crippen LogP contribution in [-0.4, -0.2) is 269 Å². The van der Waals surface area contributed by atoms with E-state index in [0.29, 0.717) is 31.5 Å². The van der Waals surface area contributed by atoms with Crippen molar-refractivity contribution < 1.29 is 104 Å². The molecule has 0 aliphatic carbocycles. The molecule has 126 heavy (non-hydrogen) atoms. The smallest absolute Gasteiger partial charge is 0.305 e. The van der Waals surface area contributed by atoms with Crippen LogP contribution >= 0.6 is 37.0 Å². The number of amides is 12. The fourth-order valence-corrected chi connectivity index (χ4v) is 15.6. The van der Waals surface area contributed by atoms with Gasteiger partial charge in [-0.15, -0.1) is 24.4 Å². The van der Waals surface area contributed by atoms with E-state index in [1.54, 1.807) is 36.4 Å². The summed E-state index contributed by atoms with van der Waals surface area (Å²) < 4.78 is 57.4. The van der Waals surface area contributed by atoms with E-state index in [0.717, 1.165) is 53.0 Å². The van der Waals surface area contributed by atoms with Gasteiger partial charge in [-0.05, 0) is 101 Å². The molecule has 0 saturated carbocycles. The van der Waals surface area contributed by atoms with Crippen LogP contribution in [0, 0.1) is 5.41 Å². The third kappa shape index (κ3) is 35.2. The van der Waals surface area contributed by atoms with Gasteiger partial charge in [0.15, 0.2) is 17.0 Å². The molecule has 0 spiro atoms. The van der Waals surface area contributed by atoms with Crippen LogP contribution in [0.25, 0.3) is 0 Å². The lowest BCUT2D eigenvalue weighted by Crippen LogP contribution is -2.58. The normalized spacial score (nSPS) is 20.4. The lowest BCUT2D eigenvalue weighted by Gasteiger charge is -2.27. The van der Waals surface area contributed by atoms with Crippen molar-refractivity contribution in [2.45, 2.75) is 163 Å².